The van der Waals surface area contributed by atoms with E-state index in [0.29, 0.717) is 12.0 Å². The molecule has 3 rings (SSSR count). The molecule has 2 aromatic rings. The van der Waals surface area contributed by atoms with Crippen LogP contribution in [0.4, 0.5) is 0 Å². The Bertz CT molecular complexity index is 1030. The summed E-state index contributed by atoms with van der Waals surface area (Å²) in [6.07, 6.45) is 1.22. The maximum absolute atomic E-state index is 12.8. The van der Waals surface area contributed by atoms with E-state index in [-0.39, 0.29) is 23.3 Å². The van der Waals surface area contributed by atoms with Gasteiger partial charge in [0.2, 0.25) is 6.29 Å². The van der Waals surface area contributed by atoms with Crippen LogP contribution in [0.1, 0.15) is 42.7 Å². The van der Waals surface area contributed by atoms with Gasteiger partial charge < -0.3 is 19.6 Å². The molecule has 2 heterocycles. The van der Waals surface area contributed by atoms with E-state index < -0.39 is 39.0 Å². The molecule has 31 heavy (non-hydrogen) atoms. The highest BCUT2D eigenvalue weighted by molar-refractivity contribution is 7.73. The summed E-state index contributed by atoms with van der Waals surface area (Å²) < 4.78 is 41.1. The number of aryl methyl sites for hydroxylation is 1. The summed E-state index contributed by atoms with van der Waals surface area (Å²) in [6.45, 7) is 3.46. The third-order valence-corrected chi connectivity index (χ3v) is 9.29. The summed E-state index contributed by atoms with van der Waals surface area (Å²) in [4.78, 5) is 36.3. The second kappa shape index (κ2) is 8.92. The predicted octanol–water partition coefficient (Wildman–Crippen LogP) is 3.40. The van der Waals surface area contributed by atoms with E-state index in [1.54, 1.807) is 6.92 Å². The van der Waals surface area contributed by atoms with E-state index >= 15 is 0 Å². The van der Waals surface area contributed by atoms with Gasteiger partial charge in [0.1, 0.15) is 5.75 Å². The fourth-order valence-corrected chi connectivity index (χ4v) is 6.60. The first-order valence-corrected chi connectivity index (χ1v) is 12.6. The molecule has 1 aliphatic rings. The van der Waals surface area contributed by atoms with Crippen LogP contribution >= 0.6 is 15.2 Å². The Balaban J connectivity index is 1.87. The minimum atomic E-state index is -5.07. The molecule has 168 valence electrons. The fourth-order valence-electron chi connectivity index (χ4n) is 3.02. The zero-order valence-corrected chi connectivity index (χ0v) is 18.7. The maximum Gasteiger partial charge on any atom is 0.374 e. The summed E-state index contributed by atoms with van der Waals surface area (Å²) in [6, 6.07) is 7.21. The summed E-state index contributed by atoms with van der Waals surface area (Å²) in [5, 5.41) is 7.67. The van der Waals surface area contributed by atoms with Gasteiger partial charge in [-0.15, -0.1) is 0 Å². The summed E-state index contributed by atoms with van der Waals surface area (Å²) in [5.41, 5.74) is 0.860. The standard InChI is InChI=1S/C19H23NO9P2/c1-3-5-17(21)27-16-8-7-15(10-13(16)2)18-28-30(23,24)19(22,31(25,26)29-18)11-14-6-4-9-20-12-14/h4,6-10,12,18,22H,3,5,11H2,1-2H3,(H,23,24)(H,25,26). The number of carbonyl (C=O) groups excluding carboxylic acids is 1. The average Bonchev–Trinajstić information content (AvgIpc) is 2.68. The Morgan fingerprint density at radius 2 is 1.90 bits per heavy atom. The molecule has 1 saturated heterocycles. The van der Waals surface area contributed by atoms with Gasteiger partial charge in [-0.05, 0) is 42.7 Å². The zero-order valence-electron chi connectivity index (χ0n) is 16.9. The largest absolute Gasteiger partial charge is 0.426 e. The predicted molar refractivity (Wildman–Crippen MR) is 109 cm³/mol. The maximum atomic E-state index is 12.8. The van der Waals surface area contributed by atoms with Crippen molar-refractivity contribution >= 4 is 21.2 Å². The lowest BCUT2D eigenvalue weighted by Crippen LogP contribution is -2.37. The molecule has 0 saturated carbocycles. The Labute approximate surface area is 178 Å². The van der Waals surface area contributed by atoms with Gasteiger partial charge in [0.05, 0.1) is 0 Å². The topological polar surface area (TPSA) is 152 Å². The number of ether oxygens (including phenoxy) is 1. The second-order valence-electron chi connectivity index (χ2n) is 7.14. The number of nitrogens with zero attached hydrogens (tertiary/aromatic N) is 1. The number of rotatable bonds is 6. The van der Waals surface area contributed by atoms with E-state index in [2.05, 4.69) is 4.98 Å². The van der Waals surface area contributed by atoms with Crippen LogP contribution in [-0.2, 0) is 29.4 Å². The molecule has 3 N–H and O–H groups in total. The molecule has 1 aliphatic heterocycles. The normalized spacial score (nSPS) is 30.7. The van der Waals surface area contributed by atoms with Crippen LogP contribution in [0.15, 0.2) is 42.7 Å². The zero-order chi connectivity index (χ0) is 22.9. The Kier molecular flexibility index (Phi) is 6.84. The smallest absolute Gasteiger partial charge is 0.374 e. The minimum Gasteiger partial charge on any atom is -0.426 e. The molecular weight excluding hydrogens is 448 g/mol. The van der Waals surface area contributed by atoms with Crippen molar-refractivity contribution in [2.75, 3.05) is 0 Å². The van der Waals surface area contributed by atoms with Crippen LogP contribution in [0.25, 0.3) is 0 Å². The second-order valence-corrected chi connectivity index (χ2v) is 11.5. The average molecular weight is 471 g/mol. The van der Waals surface area contributed by atoms with Crippen molar-refractivity contribution in [2.24, 2.45) is 0 Å². The Hall–Kier alpha value is -1.90. The lowest BCUT2D eigenvalue weighted by atomic mass is 10.1. The van der Waals surface area contributed by atoms with Gasteiger partial charge in [-0.2, -0.15) is 0 Å². The van der Waals surface area contributed by atoms with Gasteiger partial charge in [-0.1, -0.05) is 19.1 Å². The molecule has 0 radical (unpaired) electrons. The molecule has 2 unspecified atom stereocenters. The van der Waals surface area contributed by atoms with Crippen LogP contribution < -0.4 is 4.74 Å². The molecule has 0 amide bonds. The minimum absolute atomic E-state index is 0.139. The van der Waals surface area contributed by atoms with Crippen molar-refractivity contribution in [3.8, 4) is 5.75 Å². The molecule has 0 spiro atoms. The fraction of sp³-hybridized carbons (Fsp3) is 0.368. The lowest BCUT2D eigenvalue weighted by molar-refractivity contribution is -0.134. The molecule has 1 aromatic heterocycles. The van der Waals surface area contributed by atoms with Crippen molar-refractivity contribution < 1.29 is 42.6 Å². The molecule has 12 heteroatoms. The SMILES string of the molecule is CCCC(=O)Oc1ccc(C2OP(=O)(O)C(O)(Cc3cccnc3)P(=O)(O)O2)cc1C. The number of aliphatic hydroxyl groups is 1. The first kappa shape index (κ1) is 23.8. The van der Waals surface area contributed by atoms with E-state index in [4.69, 9.17) is 13.8 Å². The van der Waals surface area contributed by atoms with Crippen molar-refractivity contribution in [1.29, 1.82) is 0 Å². The van der Waals surface area contributed by atoms with Crippen molar-refractivity contribution in [2.45, 2.75) is 44.5 Å². The van der Waals surface area contributed by atoms with Crippen LogP contribution in [0.3, 0.4) is 0 Å². The van der Waals surface area contributed by atoms with Gasteiger partial charge in [-0.25, -0.2) is 0 Å². The number of carbonyl (C=O) groups is 1. The third kappa shape index (κ3) is 4.81. The quantitative estimate of drug-likeness (QED) is 0.325. The molecule has 1 aromatic carbocycles. The van der Waals surface area contributed by atoms with E-state index in [1.165, 1.54) is 42.7 Å². The van der Waals surface area contributed by atoms with Crippen molar-refractivity contribution in [1.82, 2.24) is 4.98 Å². The first-order chi connectivity index (χ1) is 14.5. The number of pyridine rings is 1. The highest BCUT2D eigenvalue weighted by Crippen LogP contribution is 2.79. The van der Waals surface area contributed by atoms with Crippen molar-refractivity contribution in [3.63, 3.8) is 0 Å². The number of esters is 1. The summed E-state index contributed by atoms with van der Waals surface area (Å²) >= 11 is 0. The first-order valence-electron chi connectivity index (χ1n) is 9.44. The van der Waals surface area contributed by atoms with E-state index in [1.807, 2.05) is 6.92 Å². The van der Waals surface area contributed by atoms with Gasteiger partial charge >= 0.3 is 21.2 Å². The van der Waals surface area contributed by atoms with Gasteiger partial charge in [-0.3, -0.25) is 28.0 Å². The van der Waals surface area contributed by atoms with E-state index in [9.17, 15) is 28.8 Å². The van der Waals surface area contributed by atoms with Crippen LogP contribution in [0, 0.1) is 6.92 Å². The van der Waals surface area contributed by atoms with Crippen LogP contribution in [0.2, 0.25) is 0 Å². The molecular formula is C19H23NO9P2. The third-order valence-electron chi connectivity index (χ3n) is 4.70. The summed E-state index contributed by atoms with van der Waals surface area (Å²) in [5.74, 6) is -0.144. The van der Waals surface area contributed by atoms with E-state index in [0.717, 1.165) is 0 Å². The molecule has 0 aliphatic carbocycles. The molecule has 1 fully saturated rings. The Morgan fingerprint density at radius 3 is 2.45 bits per heavy atom. The van der Waals surface area contributed by atoms with Gasteiger partial charge in [0.15, 0.2) is 0 Å². The van der Waals surface area contributed by atoms with Gasteiger partial charge in [0, 0.05) is 30.8 Å². The number of hydrogen-bond acceptors (Lipinski definition) is 8. The highest BCUT2D eigenvalue weighted by atomic mass is 31.2. The van der Waals surface area contributed by atoms with Gasteiger partial charge in [0.25, 0.3) is 5.08 Å². The lowest BCUT2D eigenvalue weighted by Gasteiger charge is -2.41. The number of aromatic nitrogens is 1. The number of benzene rings is 1. The monoisotopic (exact) mass is 471 g/mol. The highest BCUT2D eigenvalue weighted by Gasteiger charge is 2.67. The molecule has 0 bridgehead atoms. The number of hydrogen-bond donors (Lipinski definition) is 3. The Morgan fingerprint density at radius 1 is 1.23 bits per heavy atom. The van der Waals surface area contributed by atoms with Crippen LogP contribution in [0.5, 0.6) is 5.75 Å². The van der Waals surface area contributed by atoms with Crippen LogP contribution in [-0.4, -0.2) is 30.9 Å². The summed E-state index contributed by atoms with van der Waals surface area (Å²) in [7, 11) is -10.1. The molecule has 10 nitrogen and oxygen atoms in total. The van der Waals surface area contributed by atoms with Crippen molar-refractivity contribution in [3.05, 3.63) is 59.4 Å². The molecule has 2 atom stereocenters.